The number of carbonyl (C=O) groups excluding carboxylic acids is 1. The van der Waals surface area contributed by atoms with Crippen LogP contribution >= 0.6 is 11.6 Å². The van der Waals surface area contributed by atoms with Crippen LogP contribution in [0.1, 0.15) is 27.0 Å². The third kappa shape index (κ3) is 5.95. The van der Waals surface area contributed by atoms with Gasteiger partial charge >= 0.3 is 51.4 Å². The summed E-state index contributed by atoms with van der Waals surface area (Å²) in [4.78, 5) is 16.6. The Morgan fingerprint density at radius 3 is 2.23 bits per heavy atom. The number of hydrogen-bond acceptors (Lipinski definition) is 5. The molecule has 0 atom stereocenters. The van der Waals surface area contributed by atoms with Crippen LogP contribution in [-0.2, 0) is 10.0 Å². The number of methoxy groups -OCH3 is 1. The van der Waals surface area contributed by atoms with Crippen molar-refractivity contribution in [2.24, 2.45) is 0 Å². The fourth-order valence-corrected chi connectivity index (χ4v) is 4.33. The molecule has 0 aliphatic heterocycles. The van der Waals surface area contributed by atoms with Gasteiger partial charge in [-0.1, -0.05) is 29.3 Å². The quantitative estimate of drug-likeness (QED) is 0.520. The Balaban J connectivity index is 0.00000341. The van der Waals surface area contributed by atoms with Gasteiger partial charge in [0.1, 0.15) is 15.8 Å². The maximum atomic E-state index is 12.6. The van der Waals surface area contributed by atoms with E-state index in [0.717, 1.165) is 22.3 Å². The van der Waals surface area contributed by atoms with Gasteiger partial charge in [-0.25, -0.2) is 8.42 Å². The van der Waals surface area contributed by atoms with Gasteiger partial charge in [-0.3, -0.25) is 4.98 Å². The Bertz CT molecular complexity index is 1210. The predicted octanol–water partition coefficient (Wildman–Crippen LogP) is 2.24. The van der Waals surface area contributed by atoms with Gasteiger partial charge in [0, 0.05) is 22.3 Å². The largest absolute Gasteiger partial charge is 1.00 e. The SMILES string of the molecule is COc1cc(Cl)ccc1C(=O)[N-]S(=O)(=O)c1ccc(-c2c(C)cc(C)cc2C)nc1.[K+]. The van der Waals surface area contributed by atoms with Gasteiger partial charge < -0.3 is 14.3 Å². The van der Waals surface area contributed by atoms with Crippen LogP contribution in [0, 0.1) is 20.8 Å². The summed E-state index contributed by atoms with van der Waals surface area (Å²) < 4.78 is 33.7. The topological polar surface area (TPSA) is 87.4 Å². The number of pyridine rings is 1. The molecule has 3 rings (SSSR count). The molecule has 9 heteroatoms. The number of ether oxygens (including phenoxy) is 1. The fourth-order valence-electron chi connectivity index (χ4n) is 3.32. The van der Waals surface area contributed by atoms with Crippen LogP contribution in [0.2, 0.25) is 5.02 Å². The Morgan fingerprint density at radius 2 is 1.68 bits per heavy atom. The number of aromatic nitrogens is 1. The van der Waals surface area contributed by atoms with Crippen molar-refractivity contribution in [3.63, 3.8) is 0 Å². The van der Waals surface area contributed by atoms with E-state index in [1.54, 1.807) is 6.07 Å². The normalized spacial score (nSPS) is 10.9. The first kappa shape index (κ1) is 26.0. The summed E-state index contributed by atoms with van der Waals surface area (Å²) in [6, 6.07) is 11.3. The Labute approximate surface area is 229 Å². The molecule has 3 aromatic rings. The Kier molecular flexibility index (Phi) is 8.86. The molecule has 31 heavy (non-hydrogen) atoms. The average Bonchev–Trinajstić information content (AvgIpc) is 2.67. The molecule has 1 aromatic heterocycles. The van der Waals surface area contributed by atoms with Gasteiger partial charge in [-0.15, -0.1) is 0 Å². The average molecular weight is 483 g/mol. The van der Waals surface area contributed by atoms with Crippen LogP contribution in [0.25, 0.3) is 16.0 Å². The van der Waals surface area contributed by atoms with Gasteiger partial charge in [-0.05, 0) is 62.2 Å². The maximum Gasteiger partial charge on any atom is 1.00 e. The molecule has 6 nitrogen and oxygen atoms in total. The Morgan fingerprint density at radius 1 is 1.03 bits per heavy atom. The molecule has 0 bridgehead atoms. The number of benzene rings is 2. The van der Waals surface area contributed by atoms with Gasteiger partial charge in [0.15, 0.2) is 0 Å². The number of aryl methyl sites for hydroxylation is 3. The van der Waals surface area contributed by atoms with Crippen molar-refractivity contribution in [2.75, 3.05) is 7.11 Å². The number of nitrogens with zero attached hydrogens (tertiary/aromatic N) is 2. The van der Waals surface area contributed by atoms with Crippen molar-refractivity contribution < 1.29 is 69.3 Å². The molecule has 0 aliphatic rings. The molecule has 0 spiro atoms. The van der Waals surface area contributed by atoms with E-state index in [2.05, 4.69) is 9.71 Å². The van der Waals surface area contributed by atoms with Crippen LogP contribution in [0.3, 0.4) is 0 Å². The first-order valence-electron chi connectivity index (χ1n) is 9.02. The molecular weight excluding hydrogens is 463 g/mol. The van der Waals surface area contributed by atoms with Crippen LogP contribution in [-0.4, -0.2) is 26.4 Å². The third-order valence-corrected chi connectivity index (χ3v) is 6.04. The standard InChI is InChI=1S/C22H21ClN2O4S.K/c1-13-9-14(2)21(15(3)10-13)19-8-6-17(12-24-19)30(27,28)25-22(26)18-7-5-16(23)11-20(18)29-4;/h5-12H,1-4H3,(H,25,26);/q;+1/p-1. The molecule has 1 heterocycles. The van der Waals surface area contributed by atoms with Crippen molar-refractivity contribution in [3.05, 3.63) is 80.7 Å². The van der Waals surface area contributed by atoms with Crippen molar-refractivity contribution in [2.45, 2.75) is 25.7 Å². The number of rotatable bonds is 5. The summed E-state index contributed by atoms with van der Waals surface area (Å²) >= 11 is 5.88. The van der Waals surface area contributed by atoms with Crippen LogP contribution in [0.15, 0.2) is 53.6 Å². The number of halogens is 1. The molecule has 0 saturated heterocycles. The molecule has 156 valence electrons. The number of amides is 1. The van der Waals surface area contributed by atoms with E-state index in [-0.39, 0.29) is 67.6 Å². The number of carbonyl (C=O) groups is 1. The summed E-state index contributed by atoms with van der Waals surface area (Å²) in [5.74, 6) is -0.803. The van der Waals surface area contributed by atoms with Gasteiger partial charge in [-0.2, -0.15) is 0 Å². The Hall–Kier alpha value is -1.26. The number of sulfonamides is 1. The van der Waals surface area contributed by atoms with Gasteiger partial charge in [0.25, 0.3) is 0 Å². The molecule has 0 radical (unpaired) electrons. The second-order valence-corrected chi connectivity index (χ2v) is 8.91. The van der Waals surface area contributed by atoms with E-state index in [9.17, 15) is 13.2 Å². The van der Waals surface area contributed by atoms with E-state index in [4.69, 9.17) is 16.3 Å². The summed E-state index contributed by atoms with van der Waals surface area (Å²) in [5.41, 5.74) is 4.83. The van der Waals surface area contributed by atoms with E-state index >= 15 is 0 Å². The molecule has 0 aliphatic carbocycles. The molecule has 2 aromatic carbocycles. The molecule has 0 saturated carbocycles. The van der Waals surface area contributed by atoms with E-state index < -0.39 is 15.9 Å². The predicted molar refractivity (Wildman–Crippen MR) is 117 cm³/mol. The second-order valence-electron chi connectivity index (χ2n) is 6.87. The van der Waals surface area contributed by atoms with Crippen molar-refractivity contribution in [1.29, 1.82) is 0 Å². The third-order valence-electron chi connectivity index (χ3n) is 4.56. The van der Waals surface area contributed by atoms with Crippen molar-refractivity contribution in [3.8, 4) is 17.0 Å². The monoisotopic (exact) mass is 482 g/mol. The van der Waals surface area contributed by atoms with Crippen LogP contribution in [0.5, 0.6) is 5.75 Å². The zero-order chi connectivity index (χ0) is 22.1. The molecular formula is C22H20ClKN2O4S. The van der Waals surface area contributed by atoms with Gasteiger partial charge in [0.05, 0.1) is 23.6 Å². The minimum atomic E-state index is -4.24. The van der Waals surface area contributed by atoms with E-state index in [1.807, 2.05) is 32.9 Å². The second kappa shape index (κ2) is 10.6. The molecule has 0 unspecified atom stereocenters. The minimum Gasteiger partial charge on any atom is -0.537 e. The van der Waals surface area contributed by atoms with Crippen molar-refractivity contribution in [1.82, 2.24) is 4.98 Å². The maximum absolute atomic E-state index is 12.6. The fraction of sp³-hybridized carbons (Fsp3) is 0.182. The number of hydrogen-bond donors (Lipinski definition) is 0. The van der Waals surface area contributed by atoms with E-state index in [0.29, 0.717) is 10.7 Å². The molecule has 1 amide bonds. The zero-order valence-corrected chi connectivity index (χ0v) is 22.6. The molecule has 0 N–H and O–H groups in total. The van der Waals surface area contributed by atoms with E-state index in [1.165, 1.54) is 37.6 Å². The smallest absolute Gasteiger partial charge is 0.537 e. The van der Waals surface area contributed by atoms with Crippen LogP contribution in [0.4, 0.5) is 0 Å². The van der Waals surface area contributed by atoms with Crippen LogP contribution < -0.4 is 56.1 Å². The first-order chi connectivity index (χ1) is 14.1. The minimum absolute atomic E-state index is 0. The van der Waals surface area contributed by atoms with Crippen molar-refractivity contribution >= 4 is 27.5 Å². The molecule has 0 fully saturated rings. The first-order valence-corrected chi connectivity index (χ1v) is 10.8. The summed E-state index contributed by atoms with van der Waals surface area (Å²) in [7, 11) is -2.89. The summed E-state index contributed by atoms with van der Waals surface area (Å²) in [6.45, 7) is 5.98. The summed E-state index contributed by atoms with van der Waals surface area (Å²) in [5, 5.41) is 0.354. The van der Waals surface area contributed by atoms with Gasteiger partial charge in [0.2, 0.25) is 0 Å². The zero-order valence-electron chi connectivity index (χ0n) is 17.9. The summed E-state index contributed by atoms with van der Waals surface area (Å²) in [6.07, 6.45) is 1.21.